The predicted molar refractivity (Wildman–Crippen MR) is 53.1 cm³/mol. The summed E-state index contributed by atoms with van der Waals surface area (Å²) in [7, 11) is 0. The average Bonchev–Trinajstić information content (AvgIpc) is 2.53. The minimum atomic E-state index is 0.695. The smallest absolute Gasteiger partial charge is 0.0266 e. The molecule has 0 bridgehead atoms. The number of hydrogen-bond acceptors (Lipinski definition) is 0. The summed E-state index contributed by atoms with van der Waals surface area (Å²) in [6.07, 6.45) is 8.98. The molecule has 2 saturated carbocycles. The monoisotopic (exact) mass is 166 g/mol. The van der Waals surface area contributed by atoms with Crippen LogP contribution in [0.4, 0.5) is 0 Å². The molecular weight excluding hydrogens is 144 g/mol. The summed E-state index contributed by atoms with van der Waals surface area (Å²) in [5, 5.41) is 0. The van der Waals surface area contributed by atoms with Crippen LogP contribution >= 0.6 is 0 Å². The summed E-state index contributed by atoms with van der Waals surface area (Å²) in [6.45, 7) is 7.31. The van der Waals surface area contributed by atoms with Gasteiger partial charge in [0.1, 0.15) is 0 Å². The Balaban J connectivity index is 2.09. The summed E-state index contributed by atoms with van der Waals surface area (Å²) < 4.78 is 0. The Labute approximate surface area is 76.7 Å². The van der Waals surface area contributed by atoms with E-state index in [4.69, 9.17) is 0 Å². The third kappa shape index (κ3) is 1.11. The average molecular weight is 166 g/mol. The summed E-state index contributed by atoms with van der Waals surface area (Å²) in [5.41, 5.74) is 1.48. The van der Waals surface area contributed by atoms with E-state index in [0.29, 0.717) is 5.41 Å². The van der Waals surface area contributed by atoms with Crippen molar-refractivity contribution in [3.8, 4) is 0 Å². The molecule has 0 N–H and O–H groups in total. The fourth-order valence-electron chi connectivity index (χ4n) is 3.54. The molecule has 0 aromatic carbocycles. The quantitative estimate of drug-likeness (QED) is 0.581. The van der Waals surface area contributed by atoms with E-state index < -0.39 is 0 Å². The Kier molecular flexibility index (Phi) is 1.79. The van der Waals surface area contributed by atoms with Crippen molar-refractivity contribution in [2.45, 2.75) is 59.3 Å². The number of hydrogen-bond donors (Lipinski definition) is 0. The molecule has 2 aliphatic rings. The molecule has 12 heavy (non-hydrogen) atoms. The van der Waals surface area contributed by atoms with Crippen LogP contribution in [0.15, 0.2) is 0 Å². The largest absolute Gasteiger partial charge is 0.0648 e. The predicted octanol–water partition coefficient (Wildman–Crippen LogP) is 4.00. The van der Waals surface area contributed by atoms with Gasteiger partial charge in [0.15, 0.2) is 0 Å². The molecular formula is C12H22. The molecule has 1 atom stereocenters. The van der Waals surface area contributed by atoms with Gasteiger partial charge in [0.05, 0.1) is 0 Å². The van der Waals surface area contributed by atoms with Crippen molar-refractivity contribution in [2.24, 2.45) is 16.7 Å². The maximum Gasteiger partial charge on any atom is -0.0266 e. The molecule has 0 spiro atoms. The third-order valence-corrected chi connectivity index (χ3v) is 4.56. The standard InChI is InChI=1S/C12H22/c1-4-12(7-5-6-8-12)10-9-11(10,2)3/h10H,4-9H2,1-3H3. The van der Waals surface area contributed by atoms with Crippen LogP contribution in [0.5, 0.6) is 0 Å². The van der Waals surface area contributed by atoms with Gasteiger partial charge in [-0.2, -0.15) is 0 Å². The molecule has 70 valence electrons. The molecule has 2 aliphatic carbocycles. The SMILES string of the molecule is CCC1(C2CC2(C)C)CCCC1. The maximum absolute atomic E-state index is 2.45. The maximum atomic E-state index is 2.45. The van der Waals surface area contributed by atoms with Crippen molar-refractivity contribution in [2.75, 3.05) is 0 Å². The first-order chi connectivity index (χ1) is 5.61. The van der Waals surface area contributed by atoms with E-state index in [2.05, 4.69) is 20.8 Å². The van der Waals surface area contributed by atoms with Crippen LogP contribution in [0.1, 0.15) is 59.3 Å². The highest BCUT2D eigenvalue weighted by molar-refractivity contribution is 5.06. The first kappa shape index (κ1) is 8.59. The van der Waals surface area contributed by atoms with Gasteiger partial charge in [0, 0.05) is 0 Å². The lowest BCUT2D eigenvalue weighted by molar-refractivity contribution is 0.205. The van der Waals surface area contributed by atoms with Crippen LogP contribution in [0, 0.1) is 16.7 Å². The zero-order valence-electron chi connectivity index (χ0n) is 8.82. The lowest BCUT2D eigenvalue weighted by atomic mass is 9.76. The van der Waals surface area contributed by atoms with Crippen molar-refractivity contribution in [3.05, 3.63) is 0 Å². The molecule has 0 aromatic rings. The van der Waals surface area contributed by atoms with Crippen LogP contribution in [0.25, 0.3) is 0 Å². The molecule has 1 unspecified atom stereocenters. The summed E-state index contributed by atoms with van der Waals surface area (Å²) in [4.78, 5) is 0. The Morgan fingerprint density at radius 3 is 2.00 bits per heavy atom. The molecule has 0 heteroatoms. The van der Waals surface area contributed by atoms with E-state index in [-0.39, 0.29) is 0 Å². The lowest BCUT2D eigenvalue weighted by Crippen LogP contribution is -2.20. The molecule has 2 rings (SSSR count). The summed E-state index contributed by atoms with van der Waals surface area (Å²) >= 11 is 0. The molecule has 0 aliphatic heterocycles. The second-order valence-corrected chi connectivity index (χ2v) is 5.67. The topological polar surface area (TPSA) is 0 Å². The highest BCUT2D eigenvalue weighted by Gasteiger charge is 2.57. The van der Waals surface area contributed by atoms with Gasteiger partial charge in [0.2, 0.25) is 0 Å². The van der Waals surface area contributed by atoms with Crippen molar-refractivity contribution in [1.29, 1.82) is 0 Å². The van der Waals surface area contributed by atoms with Gasteiger partial charge in [0.25, 0.3) is 0 Å². The van der Waals surface area contributed by atoms with Crippen LogP contribution in [-0.2, 0) is 0 Å². The molecule has 0 amide bonds. The molecule has 0 heterocycles. The summed E-state index contributed by atoms with van der Waals surface area (Å²) in [6, 6.07) is 0. The van der Waals surface area contributed by atoms with Gasteiger partial charge >= 0.3 is 0 Å². The highest BCUT2D eigenvalue weighted by atomic mass is 14.6. The highest BCUT2D eigenvalue weighted by Crippen LogP contribution is 2.66. The second-order valence-electron chi connectivity index (χ2n) is 5.67. The van der Waals surface area contributed by atoms with Crippen molar-refractivity contribution < 1.29 is 0 Å². The third-order valence-electron chi connectivity index (χ3n) is 4.56. The van der Waals surface area contributed by atoms with Crippen LogP contribution in [0.3, 0.4) is 0 Å². The van der Waals surface area contributed by atoms with Gasteiger partial charge in [-0.25, -0.2) is 0 Å². The zero-order valence-corrected chi connectivity index (χ0v) is 8.82. The van der Waals surface area contributed by atoms with E-state index in [1.807, 2.05) is 0 Å². The second kappa shape index (κ2) is 2.49. The molecule has 2 fully saturated rings. The first-order valence-corrected chi connectivity index (χ1v) is 5.61. The van der Waals surface area contributed by atoms with Gasteiger partial charge in [-0.3, -0.25) is 0 Å². The lowest BCUT2D eigenvalue weighted by Gasteiger charge is -2.29. The van der Waals surface area contributed by atoms with E-state index in [9.17, 15) is 0 Å². The zero-order chi connectivity index (χ0) is 8.82. The fourth-order valence-corrected chi connectivity index (χ4v) is 3.54. The van der Waals surface area contributed by atoms with Gasteiger partial charge in [-0.1, -0.05) is 40.0 Å². The van der Waals surface area contributed by atoms with Gasteiger partial charge in [-0.15, -0.1) is 0 Å². The fraction of sp³-hybridized carbons (Fsp3) is 1.00. The molecule has 0 aromatic heterocycles. The van der Waals surface area contributed by atoms with Gasteiger partial charge < -0.3 is 0 Å². The summed E-state index contributed by atoms with van der Waals surface area (Å²) in [5.74, 6) is 1.07. The van der Waals surface area contributed by atoms with Crippen LogP contribution < -0.4 is 0 Å². The Hall–Kier alpha value is 0. The van der Waals surface area contributed by atoms with Crippen LogP contribution in [0.2, 0.25) is 0 Å². The first-order valence-electron chi connectivity index (χ1n) is 5.61. The molecule has 0 nitrogen and oxygen atoms in total. The van der Waals surface area contributed by atoms with E-state index in [0.717, 1.165) is 11.3 Å². The Morgan fingerprint density at radius 2 is 1.67 bits per heavy atom. The number of rotatable bonds is 2. The molecule has 0 saturated heterocycles. The van der Waals surface area contributed by atoms with Crippen LogP contribution in [-0.4, -0.2) is 0 Å². The molecule has 0 radical (unpaired) electrons. The Morgan fingerprint density at radius 1 is 1.17 bits per heavy atom. The van der Waals surface area contributed by atoms with Crippen molar-refractivity contribution >= 4 is 0 Å². The van der Waals surface area contributed by atoms with E-state index >= 15 is 0 Å². The van der Waals surface area contributed by atoms with Crippen molar-refractivity contribution in [1.82, 2.24) is 0 Å². The Bertz CT molecular complexity index is 172. The normalized spacial score (nSPS) is 36.8. The minimum absolute atomic E-state index is 0.695. The van der Waals surface area contributed by atoms with E-state index in [1.54, 1.807) is 0 Å². The van der Waals surface area contributed by atoms with Gasteiger partial charge in [-0.05, 0) is 36.0 Å². The van der Waals surface area contributed by atoms with Crippen molar-refractivity contribution in [3.63, 3.8) is 0 Å². The van der Waals surface area contributed by atoms with E-state index in [1.165, 1.54) is 38.5 Å². The minimum Gasteiger partial charge on any atom is -0.0648 e.